The zero-order valence-electron chi connectivity index (χ0n) is 24.2. The second-order valence-corrected chi connectivity index (χ2v) is 22.4. The molecule has 0 radical (unpaired) electrons. The van der Waals surface area contributed by atoms with Gasteiger partial charge in [0.25, 0.3) is 0 Å². The highest BCUT2D eigenvalue weighted by Crippen LogP contribution is 2.41. The van der Waals surface area contributed by atoms with Crippen LogP contribution in [-0.2, 0) is 9.16 Å². The lowest BCUT2D eigenvalue weighted by molar-refractivity contribution is 0.267. The van der Waals surface area contributed by atoms with Crippen molar-refractivity contribution in [1.29, 1.82) is 0 Å². The van der Waals surface area contributed by atoms with Gasteiger partial charge in [-0.2, -0.15) is 5.10 Å². The predicted molar refractivity (Wildman–Crippen MR) is 152 cm³/mol. The average Bonchev–Trinajstić information content (AvgIpc) is 2.70. The quantitative estimate of drug-likeness (QED) is 0.184. The van der Waals surface area contributed by atoms with E-state index in [1.807, 2.05) is 13.1 Å². The Morgan fingerprint density at radius 3 is 2.00 bits per heavy atom. The van der Waals surface area contributed by atoms with E-state index >= 15 is 0 Å². The fourth-order valence-electron chi connectivity index (χ4n) is 4.68. The Morgan fingerprint density at radius 1 is 1.03 bits per heavy atom. The van der Waals surface area contributed by atoms with Gasteiger partial charge < -0.3 is 9.16 Å². The molecule has 0 aliphatic heterocycles. The molecule has 1 unspecified atom stereocenters. The first-order valence-corrected chi connectivity index (χ1v) is 18.0. The molecule has 0 saturated carbocycles. The normalized spacial score (nSPS) is 13.8. The van der Waals surface area contributed by atoms with Crippen LogP contribution in [0.5, 0.6) is 0 Å². The van der Waals surface area contributed by atoms with Crippen LogP contribution < -0.4 is 0 Å². The van der Waals surface area contributed by atoms with Crippen molar-refractivity contribution in [1.82, 2.24) is 10.2 Å². The van der Waals surface area contributed by atoms with E-state index in [4.69, 9.17) is 9.16 Å². The molecule has 0 bridgehead atoms. The van der Waals surface area contributed by atoms with Crippen LogP contribution in [0.25, 0.3) is 5.76 Å². The third kappa shape index (κ3) is 6.83. The summed E-state index contributed by atoms with van der Waals surface area (Å²) in [5.74, 6) is 4.25. The maximum atomic E-state index is 6.60. The minimum Gasteiger partial charge on any atom is -0.492 e. The molecule has 4 nitrogen and oxygen atoms in total. The molecule has 0 aromatic carbocycles. The Balaban J connectivity index is 3.63. The highest BCUT2D eigenvalue weighted by atomic mass is 28.4. The Labute approximate surface area is 212 Å². The van der Waals surface area contributed by atoms with Crippen LogP contribution in [-0.4, -0.2) is 39.8 Å². The monoisotopic (exact) mass is 502 g/mol. The third-order valence-electron chi connectivity index (χ3n) is 7.75. The van der Waals surface area contributed by atoms with Gasteiger partial charge in [0.15, 0.2) is 8.32 Å². The van der Waals surface area contributed by atoms with Crippen LogP contribution in [0.2, 0.25) is 34.8 Å². The first kappa shape index (κ1) is 30.6. The van der Waals surface area contributed by atoms with Gasteiger partial charge in [-0.1, -0.05) is 81.7 Å². The van der Waals surface area contributed by atoms with Gasteiger partial charge in [0, 0.05) is 23.7 Å². The lowest BCUT2D eigenvalue weighted by atomic mass is 9.95. The molecule has 0 saturated heterocycles. The molecule has 192 valence electrons. The molecule has 34 heavy (non-hydrogen) atoms. The van der Waals surface area contributed by atoms with E-state index in [2.05, 4.69) is 111 Å². The number of hydrogen-bond acceptors (Lipinski definition) is 4. The molecule has 1 heterocycles. The van der Waals surface area contributed by atoms with Crippen LogP contribution >= 0.6 is 0 Å². The van der Waals surface area contributed by atoms with Crippen LogP contribution in [0, 0.1) is 11.5 Å². The van der Waals surface area contributed by atoms with Crippen molar-refractivity contribution >= 4 is 22.2 Å². The number of hydrogen-bond donors (Lipinski definition) is 0. The topological polar surface area (TPSA) is 44.2 Å². The second kappa shape index (κ2) is 12.0. The summed E-state index contributed by atoms with van der Waals surface area (Å²) in [5.41, 5.74) is 8.22. The maximum absolute atomic E-state index is 6.60. The standard InChI is InChI=1S/C28H50N2O2Si2/c1-15-31-24(9)27-26(23(8)19-32-33(13,14)28(10,11)12)25(18-29-30-27)16-17-34(20(2)3,21(4)5)22(6)7/h18,20-23H,9,15,19H2,1-8,10-14H3. The molecule has 1 atom stereocenters. The molecule has 1 aromatic heterocycles. The number of aromatic nitrogens is 2. The summed E-state index contributed by atoms with van der Waals surface area (Å²) in [5, 5.41) is 8.90. The molecule has 0 aliphatic rings. The van der Waals surface area contributed by atoms with Gasteiger partial charge in [0.2, 0.25) is 0 Å². The summed E-state index contributed by atoms with van der Waals surface area (Å²) < 4.78 is 12.4. The zero-order chi connectivity index (χ0) is 26.5. The van der Waals surface area contributed by atoms with E-state index in [1.165, 1.54) is 0 Å². The van der Waals surface area contributed by atoms with Gasteiger partial charge in [-0.3, -0.25) is 0 Å². The molecule has 6 heteroatoms. The summed E-state index contributed by atoms with van der Waals surface area (Å²) in [6.07, 6.45) is 1.81. The highest BCUT2D eigenvalue weighted by molar-refractivity contribution is 6.90. The molecule has 0 spiro atoms. The van der Waals surface area contributed by atoms with Gasteiger partial charge in [-0.05, 0) is 41.7 Å². The van der Waals surface area contributed by atoms with Gasteiger partial charge >= 0.3 is 0 Å². The van der Waals surface area contributed by atoms with Crippen molar-refractivity contribution < 1.29 is 9.16 Å². The lowest BCUT2D eigenvalue weighted by Gasteiger charge is -2.38. The summed E-state index contributed by atoms with van der Waals surface area (Å²) >= 11 is 0. The van der Waals surface area contributed by atoms with Crippen molar-refractivity contribution in [3.63, 3.8) is 0 Å². The molecule has 1 aromatic rings. The van der Waals surface area contributed by atoms with Gasteiger partial charge in [0.05, 0.1) is 12.8 Å². The van der Waals surface area contributed by atoms with E-state index in [9.17, 15) is 0 Å². The molecule has 0 aliphatic carbocycles. The number of ether oxygens (including phenoxy) is 1. The summed E-state index contributed by atoms with van der Waals surface area (Å²) in [4.78, 5) is 0. The molecular formula is C28H50N2O2Si2. The number of nitrogens with zero attached hydrogens (tertiary/aromatic N) is 2. The summed E-state index contributed by atoms with van der Waals surface area (Å²) in [7, 11) is -3.78. The van der Waals surface area contributed by atoms with Crippen LogP contribution in [0.4, 0.5) is 0 Å². The van der Waals surface area contributed by atoms with Crippen molar-refractivity contribution in [2.24, 2.45) is 0 Å². The van der Waals surface area contributed by atoms with E-state index < -0.39 is 16.4 Å². The van der Waals surface area contributed by atoms with Crippen molar-refractivity contribution in [3.8, 4) is 11.5 Å². The van der Waals surface area contributed by atoms with Crippen LogP contribution in [0.1, 0.15) is 98.9 Å². The van der Waals surface area contributed by atoms with Gasteiger partial charge in [-0.25, -0.2) is 0 Å². The van der Waals surface area contributed by atoms with Crippen molar-refractivity contribution in [2.75, 3.05) is 13.2 Å². The Hall–Kier alpha value is -1.43. The minimum atomic E-state index is -1.89. The second-order valence-electron chi connectivity index (χ2n) is 12.0. The van der Waals surface area contributed by atoms with Crippen molar-refractivity contribution in [3.05, 3.63) is 29.6 Å². The average molecular weight is 503 g/mol. The molecular weight excluding hydrogens is 452 g/mol. The Bertz CT molecular complexity index is 868. The first-order valence-electron chi connectivity index (χ1n) is 12.9. The summed E-state index contributed by atoms with van der Waals surface area (Å²) in [6, 6.07) is 0. The van der Waals surface area contributed by atoms with Crippen LogP contribution in [0.3, 0.4) is 0 Å². The van der Waals surface area contributed by atoms with Crippen LogP contribution in [0.15, 0.2) is 12.8 Å². The highest BCUT2D eigenvalue weighted by Gasteiger charge is 2.42. The maximum Gasteiger partial charge on any atom is 0.192 e. The molecule has 0 N–H and O–H groups in total. The fraction of sp³-hybridized carbons (Fsp3) is 0.714. The van der Waals surface area contributed by atoms with E-state index in [0.29, 0.717) is 41.3 Å². The first-order chi connectivity index (χ1) is 15.5. The fourth-order valence-corrected chi connectivity index (χ4v) is 11.0. The Morgan fingerprint density at radius 2 is 1.56 bits per heavy atom. The molecule has 0 fully saturated rings. The SMILES string of the molecule is C=C(OCC)c1nncc(C#C[Si](C(C)C)(C(C)C)C(C)C)c1C(C)CO[Si](C)(C)C(C)(C)C. The largest absolute Gasteiger partial charge is 0.492 e. The zero-order valence-corrected chi connectivity index (χ0v) is 26.2. The van der Waals surface area contributed by atoms with Crippen molar-refractivity contribution in [2.45, 2.75) is 117 Å². The van der Waals surface area contributed by atoms with Gasteiger partial charge in [-0.15, -0.1) is 10.6 Å². The van der Waals surface area contributed by atoms with E-state index in [0.717, 1.165) is 11.1 Å². The van der Waals surface area contributed by atoms with E-state index in [1.54, 1.807) is 0 Å². The summed E-state index contributed by atoms with van der Waals surface area (Å²) in [6.45, 7) is 34.9. The minimum absolute atomic E-state index is 0.0920. The smallest absolute Gasteiger partial charge is 0.192 e. The Kier molecular flexibility index (Phi) is 10.8. The third-order valence-corrected chi connectivity index (χ3v) is 18.5. The predicted octanol–water partition coefficient (Wildman–Crippen LogP) is 8.18. The molecule has 0 amide bonds. The van der Waals surface area contributed by atoms with E-state index in [-0.39, 0.29) is 11.0 Å². The lowest BCUT2D eigenvalue weighted by Crippen LogP contribution is -2.43. The molecule has 1 rings (SSSR count). The number of rotatable bonds is 10. The van der Waals surface area contributed by atoms with Gasteiger partial charge in [0.1, 0.15) is 19.5 Å².